The van der Waals surface area contributed by atoms with Gasteiger partial charge in [0.05, 0.1) is 0 Å². The summed E-state index contributed by atoms with van der Waals surface area (Å²) < 4.78 is 10.7. The Morgan fingerprint density at radius 2 is 1.89 bits per heavy atom. The van der Waals surface area contributed by atoms with E-state index in [4.69, 9.17) is 37.5 Å². The van der Waals surface area contributed by atoms with Crippen LogP contribution in [0, 0.1) is 0 Å². The van der Waals surface area contributed by atoms with E-state index >= 15 is 0 Å². The topological polar surface area (TPSA) is 59.7 Å². The molecule has 0 radical (unpaired) electrons. The fraction of sp³-hybridized carbons (Fsp3) is 0.154. The van der Waals surface area contributed by atoms with Gasteiger partial charge in [-0.05, 0) is 37.3 Å². The lowest BCUT2D eigenvalue weighted by Crippen LogP contribution is -2.02. The SMILES string of the molecule is CC(Oc1cc(Cl)cc(Cl)c1)c1ccc(C(=O)O)o1. The second-order valence-electron chi connectivity index (χ2n) is 3.87. The third-order valence-electron chi connectivity index (χ3n) is 2.39. The highest BCUT2D eigenvalue weighted by Crippen LogP contribution is 2.28. The largest absolute Gasteiger partial charge is 0.483 e. The zero-order valence-electron chi connectivity index (χ0n) is 9.89. The van der Waals surface area contributed by atoms with Crippen LogP contribution >= 0.6 is 23.2 Å². The van der Waals surface area contributed by atoms with Gasteiger partial charge in [0.25, 0.3) is 0 Å². The number of carboxylic acid groups (broad SMARTS) is 1. The first kappa shape index (κ1) is 13.8. The highest BCUT2D eigenvalue weighted by molar-refractivity contribution is 6.34. The maximum atomic E-state index is 10.7. The van der Waals surface area contributed by atoms with Gasteiger partial charge in [-0.1, -0.05) is 23.2 Å². The molecule has 100 valence electrons. The van der Waals surface area contributed by atoms with Gasteiger partial charge < -0.3 is 14.3 Å². The first-order chi connectivity index (χ1) is 8.95. The molecule has 0 aliphatic rings. The van der Waals surface area contributed by atoms with Gasteiger partial charge in [-0.3, -0.25) is 0 Å². The normalized spacial score (nSPS) is 12.2. The number of ether oxygens (including phenoxy) is 1. The Hall–Kier alpha value is -1.65. The summed E-state index contributed by atoms with van der Waals surface area (Å²) in [6.45, 7) is 1.74. The van der Waals surface area contributed by atoms with E-state index in [1.54, 1.807) is 31.2 Å². The molecule has 1 atom stereocenters. The number of furan rings is 1. The van der Waals surface area contributed by atoms with E-state index in [1.165, 1.54) is 6.07 Å². The maximum Gasteiger partial charge on any atom is 0.371 e. The molecule has 0 aliphatic heterocycles. The lowest BCUT2D eigenvalue weighted by atomic mass is 10.3. The van der Waals surface area contributed by atoms with Crippen molar-refractivity contribution in [3.05, 3.63) is 51.9 Å². The third-order valence-corrected chi connectivity index (χ3v) is 2.82. The van der Waals surface area contributed by atoms with Crippen molar-refractivity contribution < 1.29 is 19.1 Å². The summed E-state index contributed by atoms with van der Waals surface area (Å²) in [7, 11) is 0. The maximum absolute atomic E-state index is 10.7. The second kappa shape index (κ2) is 5.55. The monoisotopic (exact) mass is 300 g/mol. The Kier molecular flexibility index (Phi) is 4.02. The quantitative estimate of drug-likeness (QED) is 0.907. The number of hydrogen-bond donors (Lipinski definition) is 1. The van der Waals surface area contributed by atoms with E-state index in [1.807, 2.05) is 0 Å². The van der Waals surface area contributed by atoms with Gasteiger partial charge >= 0.3 is 5.97 Å². The predicted octanol–water partition coefficient (Wildman–Crippen LogP) is 4.42. The Bertz CT molecular complexity index is 586. The van der Waals surface area contributed by atoms with Crippen LogP contribution in [0.4, 0.5) is 0 Å². The lowest BCUT2D eigenvalue weighted by Gasteiger charge is -2.12. The first-order valence-electron chi connectivity index (χ1n) is 5.41. The summed E-state index contributed by atoms with van der Waals surface area (Å²) in [6.07, 6.45) is -0.456. The van der Waals surface area contributed by atoms with Crippen molar-refractivity contribution >= 4 is 29.2 Å². The molecule has 1 unspecified atom stereocenters. The van der Waals surface area contributed by atoms with Crippen LogP contribution in [-0.4, -0.2) is 11.1 Å². The lowest BCUT2D eigenvalue weighted by molar-refractivity contribution is 0.0655. The summed E-state index contributed by atoms with van der Waals surface area (Å²) >= 11 is 11.7. The fourth-order valence-electron chi connectivity index (χ4n) is 1.55. The van der Waals surface area contributed by atoms with Crippen molar-refractivity contribution in [2.75, 3.05) is 0 Å². The number of carboxylic acids is 1. The molecule has 4 nitrogen and oxygen atoms in total. The van der Waals surface area contributed by atoms with Crippen molar-refractivity contribution in [1.29, 1.82) is 0 Å². The van der Waals surface area contributed by atoms with Crippen LogP contribution in [0.5, 0.6) is 5.75 Å². The van der Waals surface area contributed by atoms with Crippen LogP contribution < -0.4 is 4.74 Å². The Labute approximate surface area is 119 Å². The number of halogens is 2. The van der Waals surface area contributed by atoms with Crippen LogP contribution in [0.25, 0.3) is 0 Å². The Morgan fingerprint density at radius 1 is 1.26 bits per heavy atom. The molecule has 0 aliphatic carbocycles. The van der Waals surface area contributed by atoms with Gasteiger partial charge in [0.15, 0.2) is 6.10 Å². The van der Waals surface area contributed by atoms with Crippen molar-refractivity contribution in [1.82, 2.24) is 0 Å². The smallest absolute Gasteiger partial charge is 0.371 e. The Morgan fingerprint density at radius 3 is 2.42 bits per heavy atom. The van der Waals surface area contributed by atoms with Crippen LogP contribution in [0.15, 0.2) is 34.7 Å². The van der Waals surface area contributed by atoms with Crippen LogP contribution in [0.1, 0.15) is 29.3 Å². The fourth-order valence-corrected chi connectivity index (χ4v) is 2.05. The highest BCUT2D eigenvalue weighted by atomic mass is 35.5. The average molecular weight is 301 g/mol. The van der Waals surface area contributed by atoms with E-state index in [2.05, 4.69) is 0 Å². The van der Waals surface area contributed by atoms with Gasteiger partial charge in [-0.2, -0.15) is 0 Å². The predicted molar refractivity (Wildman–Crippen MR) is 71.2 cm³/mol. The molecule has 19 heavy (non-hydrogen) atoms. The van der Waals surface area contributed by atoms with E-state index < -0.39 is 12.1 Å². The Balaban J connectivity index is 2.15. The van der Waals surface area contributed by atoms with Crippen LogP contribution in [0.2, 0.25) is 10.0 Å². The molecule has 1 aromatic carbocycles. The van der Waals surface area contributed by atoms with E-state index in [-0.39, 0.29) is 5.76 Å². The molecule has 0 fully saturated rings. The third kappa shape index (κ3) is 3.43. The summed E-state index contributed by atoms with van der Waals surface area (Å²) in [6, 6.07) is 7.76. The summed E-state index contributed by atoms with van der Waals surface area (Å²) in [4.78, 5) is 10.7. The number of hydrogen-bond acceptors (Lipinski definition) is 3. The molecule has 6 heteroatoms. The molecule has 1 N–H and O–H groups in total. The number of benzene rings is 1. The molecule has 0 spiro atoms. The molecule has 2 aromatic rings. The van der Waals surface area contributed by atoms with Gasteiger partial charge in [0.2, 0.25) is 5.76 Å². The second-order valence-corrected chi connectivity index (χ2v) is 4.75. The molecule has 1 heterocycles. The van der Waals surface area contributed by atoms with Gasteiger partial charge in [-0.25, -0.2) is 4.79 Å². The minimum atomic E-state index is -1.12. The van der Waals surface area contributed by atoms with E-state index in [0.717, 1.165) is 0 Å². The molecule has 2 rings (SSSR count). The highest BCUT2D eigenvalue weighted by Gasteiger charge is 2.15. The van der Waals surface area contributed by atoms with Crippen molar-refractivity contribution in [3.63, 3.8) is 0 Å². The minimum Gasteiger partial charge on any atom is -0.483 e. The van der Waals surface area contributed by atoms with Crippen molar-refractivity contribution in [2.24, 2.45) is 0 Å². The van der Waals surface area contributed by atoms with Crippen molar-refractivity contribution in [2.45, 2.75) is 13.0 Å². The molecule has 0 saturated heterocycles. The summed E-state index contributed by atoms with van der Waals surface area (Å²) in [5.74, 6) is -0.356. The van der Waals surface area contributed by atoms with E-state index in [0.29, 0.717) is 21.6 Å². The first-order valence-corrected chi connectivity index (χ1v) is 6.17. The molecule has 0 bridgehead atoms. The molecule has 0 saturated carbocycles. The van der Waals surface area contributed by atoms with Gasteiger partial charge in [0, 0.05) is 10.0 Å². The minimum absolute atomic E-state index is 0.130. The van der Waals surface area contributed by atoms with E-state index in [9.17, 15) is 4.79 Å². The molecule has 1 aromatic heterocycles. The van der Waals surface area contributed by atoms with Gasteiger partial charge in [-0.15, -0.1) is 0 Å². The van der Waals surface area contributed by atoms with Crippen LogP contribution in [0.3, 0.4) is 0 Å². The van der Waals surface area contributed by atoms with Crippen LogP contribution in [-0.2, 0) is 0 Å². The zero-order valence-corrected chi connectivity index (χ0v) is 11.4. The van der Waals surface area contributed by atoms with Gasteiger partial charge in [0.1, 0.15) is 11.5 Å². The summed E-state index contributed by atoms with van der Waals surface area (Å²) in [5, 5.41) is 9.69. The summed E-state index contributed by atoms with van der Waals surface area (Å²) in [5.41, 5.74) is 0. The number of aromatic carboxylic acids is 1. The van der Waals surface area contributed by atoms with Crippen molar-refractivity contribution in [3.8, 4) is 5.75 Å². The number of carbonyl (C=O) groups is 1. The molecule has 0 amide bonds. The molecular formula is C13H10Cl2O4. The zero-order chi connectivity index (χ0) is 14.0. The molecular weight excluding hydrogens is 291 g/mol. The average Bonchev–Trinajstić information content (AvgIpc) is 2.76. The standard InChI is InChI=1S/C13H10Cl2O4/c1-7(11-2-3-12(19-11)13(16)17)18-10-5-8(14)4-9(15)6-10/h2-7H,1H3,(H,16,17). The number of rotatable bonds is 4.